The van der Waals surface area contributed by atoms with Crippen molar-refractivity contribution in [3.05, 3.63) is 99.5 Å². The first-order chi connectivity index (χ1) is 15.9. The first-order valence-corrected chi connectivity index (χ1v) is 11.2. The molecule has 1 N–H and O–H groups in total. The second-order valence-electron chi connectivity index (χ2n) is 7.64. The maximum atomic E-state index is 12.5. The van der Waals surface area contributed by atoms with E-state index < -0.39 is 0 Å². The third kappa shape index (κ3) is 5.36. The van der Waals surface area contributed by atoms with Crippen molar-refractivity contribution < 1.29 is 9.53 Å². The third-order valence-electron chi connectivity index (χ3n) is 5.32. The molecular weight excluding hydrogens is 455 g/mol. The summed E-state index contributed by atoms with van der Waals surface area (Å²) in [5.74, 6) is 0.283. The van der Waals surface area contributed by atoms with E-state index in [1.807, 2.05) is 74.5 Å². The van der Waals surface area contributed by atoms with Crippen LogP contribution in [0.1, 0.15) is 16.7 Å². The molecule has 0 aliphatic rings. The van der Waals surface area contributed by atoms with Gasteiger partial charge in [0.05, 0.1) is 5.69 Å². The number of aliphatic imine (C=N–C) groups is 1. The molecule has 0 saturated heterocycles. The van der Waals surface area contributed by atoms with Crippen molar-refractivity contribution >= 4 is 57.5 Å². The lowest BCUT2D eigenvalue weighted by atomic mass is 10.0. The van der Waals surface area contributed by atoms with Gasteiger partial charge in [0.1, 0.15) is 5.75 Å². The molecule has 0 bridgehead atoms. The van der Waals surface area contributed by atoms with E-state index in [1.54, 1.807) is 18.3 Å². The van der Waals surface area contributed by atoms with Gasteiger partial charge in [-0.15, -0.1) is 0 Å². The van der Waals surface area contributed by atoms with Crippen LogP contribution in [-0.4, -0.2) is 18.7 Å². The van der Waals surface area contributed by atoms with Crippen LogP contribution in [0.3, 0.4) is 0 Å². The van der Waals surface area contributed by atoms with Crippen LogP contribution >= 0.6 is 23.2 Å². The highest BCUT2D eigenvalue weighted by Crippen LogP contribution is 2.29. The summed E-state index contributed by atoms with van der Waals surface area (Å²) in [7, 11) is 0. The molecule has 0 aromatic heterocycles. The summed E-state index contributed by atoms with van der Waals surface area (Å²) in [5, 5.41) is 6.09. The summed E-state index contributed by atoms with van der Waals surface area (Å²) in [5.41, 5.74) is 4.03. The molecule has 0 saturated carbocycles. The van der Waals surface area contributed by atoms with E-state index in [4.69, 9.17) is 27.9 Å². The highest BCUT2D eigenvalue weighted by atomic mass is 35.5. The van der Waals surface area contributed by atoms with E-state index in [2.05, 4.69) is 10.3 Å². The number of fused-ring (bicyclic) bond motifs is 1. The quantitative estimate of drug-likeness (QED) is 0.292. The fraction of sp³-hybridized carbons (Fsp3) is 0.111. The molecule has 4 rings (SSSR count). The van der Waals surface area contributed by atoms with Gasteiger partial charge in [0.2, 0.25) is 0 Å². The highest BCUT2D eigenvalue weighted by molar-refractivity contribution is 6.32. The van der Waals surface area contributed by atoms with Gasteiger partial charge in [-0.05, 0) is 66.1 Å². The Morgan fingerprint density at radius 2 is 1.79 bits per heavy atom. The molecule has 166 valence electrons. The molecule has 1 amide bonds. The minimum Gasteiger partial charge on any atom is -0.483 e. The van der Waals surface area contributed by atoms with Gasteiger partial charge in [-0.2, -0.15) is 0 Å². The predicted molar refractivity (Wildman–Crippen MR) is 138 cm³/mol. The Morgan fingerprint density at radius 1 is 0.970 bits per heavy atom. The largest absolute Gasteiger partial charge is 0.483 e. The average molecular weight is 477 g/mol. The van der Waals surface area contributed by atoms with Crippen molar-refractivity contribution in [2.45, 2.75) is 13.8 Å². The van der Waals surface area contributed by atoms with Crippen molar-refractivity contribution in [3.8, 4) is 5.75 Å². The first kappa shape index (κ1) is 22.8. The number of halogens is 2. The van der Waals surface area contributed by atoms with Crippen LogP contribution in [0.25, 0.3) is 10.8 Å². The number of hydrogen-bond acceptors (Lipinski definition) is 3. The van der Waals surface area contributed by atoms with Gasteiger partial charge in [-0.1, -0.05) is 65.7 Å². The number of anilines is 1. The van der Waals surface area contributed by atoms with Crippen LogP contribution in [0, 0.1) is 13.8 Å². The Morgan fingerprint density at radius 3 is 2.61 bits per heavy atom. The number of nitrogens with one attached hydrogen (secondary N) is 1. The molecule has 0 atom stereocenters. The molecule has 4 aromatic rings. The van der Waals surface area contributed by atoms with Gasteiger partial charge in [0.25, 0.3) is 5.91 Å². The zero-order valence-electron chi connectivity index (χ0n) is 18.2. The van der Waals surface area contributed by atoms with Gasteiger partial charge < -0.3 is 10.1 Å². The van der Waals surface area contributed by atoms with E-state index in [0.717, 1.165) is 33.2 Å². The van der Waals surface area contributed by atoms with Gasteiger partial charge in [-0.25, -0.2) is 0 Å². The molecule has 0 unspecified atom stereocenters. The number of ether oxygens (including phenoxy) is 1. The molecule has 4 aromatic carbocycles. The van der Waals surface area contributed by atoms with E-state index >= 15 is 0 Å². The molecule has 0 radical (unpaired) electrons. The molecular formula is C27H22Cl2N2O2. The van der Waals surface area contributed by atoms with Crippen LogP contribution in [0.5, 0.6) is 5.75 Å². The topological polar surface area (TPSA) is 50.7 Å². The number of amides is 1. The number of aryl methyl sites for hydroxylation is 1. The lowest BCUT2D eigenvalue weighted by Gasteiger charge is -2.12. The Balaban J connectivity index is 1.59. The van der Waals surface area contributed by atoms with Crippen LogP contribution in [-0.2, 0) is 4.79 Å². The summed E-state index contributed by atoms with van der Waals surface area (Å²) in [6, 6.07) is 22.8. The summed E-state index contributed by atoms with van der Waals surface area (Å²) < 4.78 is 5.91. The number of benzene rings is 4. The van der Waals surface area contributed by atoms with Crippen LogP contribution < -0.4 is 10.1 Å². The fourth-order valence-corrected chi connectivity index (χ4v) is 3.77. The summed E-state index contributed by atoms with van der Waals surface area (Å²) >= 11 is 12.4. The zero-order chi connectivity index (χ0) is 23.4. The van der Waals surface area contributed by atoms with Crippen LogP contribution in [0.15, 0.2) is 77.8 Å². The van der Waals surface area contributed by atoms with Crippen molar-refractivity contribution in [1.82, 2.24) is 0 Å². The molecule has 0 fully saturated rings. The van der Waals surface area contributed by atoms with Crippen molar-refractivity contribution in [2.75, 3.05) is 11.9 Å². The third-order valence-corrected chi connectivity index (χ3v) is 6.13. The number of hydrogen-bond donors (Lipinski definition) is 1. The summed E-state index contributed by atoms with van der Waals surface area (Å²) in [6.45, 7) is 3.68. The molecule has 0 aliphatic heterocycles. The molecule has 0 heterocycles. The van der Waals surface area contributed by atoms with Crippen molar-refractivity contribution in [3.63, 3.8) is 0 Å². The SMILES string of the molecule is Cc1ccc(NC(=O)COc2ccc3ccccc3c2C=Nc2cccc(Cl)c2C)cc1Cl. The van der Waals surface area contributed by atoms with Crippen molar-refractivity contribution in [2.24, 2.45) is 4.99 Å². The Labute approximate surface area is 202 Å². The fourth-order valence-electron chi connectivity index (χ4n) is 3.42. The molecule has 4 nitrogen and oxygen atoms in total. The normalized spacial score (nSPS) is 11.2. The lowest BCUT2D eigenvalue weighted by Crippen LogP contribution is -2.20. The minimum atomic E-state index is -0.281. The number of carbonyl (C=O) groups excluding carboxylic acids is 1. The van der Waals surface area contributed by atoms with E-state index in [0.29, 0.717) is 21.5 Å². The van der Waals surface area contributed by atoms with Gasteiger partial charge in [-0.3, -0.25) is 9.79 Å². The number of carbonyl (C=O) groups is 1. The smallest absolute Gasteiger partial charge is 0.262 e. The summed E-state index contributed by atoms with van der Waals surface area (Å²) in [4.78, 5) is 17.1. The Hall–Kier alpha value is -3.34. The molecule has 33 heavy (non-hydrogen) atoms. The first-order valence-electron chi connectivity index (χ1n) is 10.4. The summed E-state index contributed by atoms with van der Waals surface area (Å²) in [6.07, 6.45) is 1.76. The van der Waals surface area contributed by atoms with Gasteiger partial charge in [0, 0.05) is 27.5 Å². The maximum absolute atomic E-state index is 12.5. The van der Waals surface area contributed by atoms with Crippen molar-refractivity contribution in [1.29, 1.82) is 0 Å². The van der Waals surface area contributed by atoms with E-state index in [9.17, 15) is 4.79 Å². The molecule has 6 heteroatoms. The van der Waals surface area contributed by atoms with E-state index in [1.165, 1.54) is 0 Å². The van der Waals surface area contributed by atoms with Gasteiger partial charge in [0.15, 0.2) is 6.61 Å². The number of rotatable bonds is 6. The number of nitrogens with zero attached hydrogens (tertiary/aromatic N) is 1. The van der Waals surface area contributed by atoms with Gasteiger partial charge >= 0.3 is 0 Å². The molecule has 0 aliphatic carbocycles. The predicted octanol–water partition coefficient (Wildman–Crippen LogP) is 7.53. The van der Waals surface area contributed by atoms with E-state index in [-0.39, 0.29) is 12.5 Å². The highest BCUT2D eigenvalue weighted by Gasteiger charge is 2.11. The standard InChI is InChI=1S/C27H22Cl2N2O2/c1-17-10-12-20(14-24(17)29)31-27(32)16-33-26-13-11-19-6-3-4-7-21(19)22(26)15-30-25-9-5-8-23(28)18(25)2/h3-15H,16H2,1-2H3,(H,31,32). The monoisotopic (exact) mass is 476 g/mol. The molecule has 0 spiro atoms. The van der Waals surface area contributed by atoms with Crippen LogP contribution in [0.4, 0.5) is 11.4 Å². The minimum absolute atomic E-state index is 0.152. The zero-order valence-corrected chi connectivity index (χ0v) is 19.7. The maximum Gasteiger partial charge on any atom is 0.262 e. The lowest BCUT2D eigenvalue weighted by molar-refractivity contribution is -0.118. The Bertz CT molecular complexity index is 1370. The second kappa shape index (κ2) is 10.1. The Kier molecular flexibility index (Phi) is 6.97. The second-order valence-corrected chi connectivity index (χ2v) is 8.46. The average Bonchev–Trinajstić information content (AvgIpc) is 2.81. The van der Waals surface area contributed by atoms with Crippen LogP contribution in [0.2, 0.25) is 10.0 Å².